The van der Waals surface area contributed by atoms with Gasteiger partial charge in [-0.2, -0.15) is 0 Å². The molecule has 112 valence electrons. The zero-order valence-corrected chi connectivity index (χ0v) is 13.5. The van der Waals surface area contributed by atoms with Crippen molar-refractivity contribution in [3.8, 4) is 0 Å². The predicted octanol–water partition coefficient (Wildman–Crippen LogP) is 3.86. The van der Waals surface area contributed by atoms with Crippen LogP contribution >= 0.6 is 12.2 Å². The van der Waals surface area contributed by atoms with E-state index >= 15 is 0 Å². The highest BCUT2D eigenvalue weighted by Crippen LogP contribution is 2.17. The Morgan fingerprint density at radius 1 is 1.35 bits per heavy atom. The van der Waals surface area contributed by atoms with Gasteiger partial charge in [0.05, 0.1) is 0 Å². The number of halogens is 1. The van der Waals surface area contributed by atoms with Gasteiger partial charge < -0.3 is 5.73 Å². The smallest absolute Gasteiger partial charge is 0.137 e. The molecule has 0 radical (unpaired) electrons. The highest BCUT2D eigenvalue weighted by Gasteiger charge is 2.15. The van der Waals surface area contributed by atoms with Crippen LogP contribution in [0.3, 0.4) is 0 Å². The van der Waals surface area contributed by atoms with Crippen LogP contribution < -0.4 is 5.73 Å². The lowest BCUT2D eigenvalue weighted by Gasteiger charge is -2.27. The Labute approximate surface area is 127 Å². The van der Waals surface area contributed by atoms with Crippen molar-refractivity contribution >= 4 is 17.2 Å². The van der Waals surface area contributed by atoms with Crippen molar-refractivity contribution in [1.29, 1.82) is 0 Å². The van der Waals surface area contributed by atoms with Gasteiger partial charge in [-0.1, -0.05) is 44.1 Å². The molecular formula is C16H25FN2S. The maximum Gasteiger partial charge on any atom is 0.137 e. The number of unbranched alkanes of at least 4 members (excludes halogenated alkanes) is 2. The Balaban J connectivity index is 2.83. The first kappa shape index (κ1) is 17.1. The average molecular weight is 296 g/mol. The molecule has 0 saturated carbocycles. The highest BCUT2D eigenvalue weighted by atomic mass is 32.1. The molecule has 0 unspecified atom stereocenters. The van der Waals surface area contributed by atoms with Crippen molar-refractivity contribution in [2.24, 2.45) is 5.73 Å². The quantitative estimate of drug-likeness (QED) is 0.583. The van der Waals surface area contributed by atoms with Gasteiger partial charge in [-0.25, -0.2) is 4.39 Å². The van der Waals surface area contributed by atoms with Crippen LogP contribution in [0.4, 0.5) is 4.39 Å². The average Bonchev–Trinajstić information content (AvgIpc) is 2.39. The summed E-state index contributed by atoms with van der Waals surface area (Å²) in [4.78, 5) is 2.41. The minimum absolute atomic E-state index is 0.117. The molecule has 1 aromatic rings. The second kappa shape index (κ2) is 8.32. The van der Waals surface area contributed by atoms with Crippen molar-refractivity contribution in [1.82, 2.24) is 4.90 Å². The van der Waals surface area contributed by atoms with Crippen molar-refractivity contribution < 1.29 is 4.39 Å². The van der Waals surface area contributed by atoms with Gasteiger partial charge in [0.2, 0.25) is 0 Å². The molecule has 0 aliphatic rings. The molecule has 0 heterocycles. The summed E-state index contributed by atoms with van der Waals surface area (Å²) in [6.45, 7) is 8.06. The lowest BCUT2D eigenvalue weighted by molar-refractivity contribution is 0.206. The molecule has 0 aliphatic carbocycles. The number of nitrogens with zero attached hydrogens (tertiary/aromatic N) is 1. The number of hydrogen-bond acceptors (Lipinski definition) is 2. The molecule has 0 saturated heterocycles. The van der Waals surface area contributed by atoms with Crippen molar-refractivity contribution in [2.75, 3.05) is 6.54 Å². The van der Waals surface area contributed by atoms with Gasteiger partial charge in [0.15, 0.2) is 0 Å². The van der Waals surface area contributed by atoms with E-state index in [1.165, 1.54) is 12.8 Å². The second-order valence-electron chi connectivity index (χ2n) is 5.41. The Kier molecular flexibility index (Phi) is 7.10. The standard InChI is InChI=1S/C16H25FN2S/c1-4-5-6-10-19(12(2)3)11-13-8-7-9-14(15(13)17)16(18)20/h7-9,12H,4-6,10-11H2,1-3H3,(H2,18,20). The van der Waals surface area contributed by atoms with Gasteiger partial charge in [-0.3, -0.25) is 4.90 Å². The van der Waals surface area contributed by atoms with E-state index in [0.717, 1.165) is 13.0 Å². The summed E-state index contributed by atoms with van der Waals surface area (Å²) >= 11 is 4.88. The Bertz CT molecular complexity index is 446. The molecule has 0 spiro atoms. The first-order valence-electron chi connectivity index (χ1n) is 7.28. The van der Waals surface area contributed by atoms with Crippen molar-refractivity contribution in [2.45, 2.75) is 52.6 Å². The minimum Gasteiger partial charge on any atom is -0.389 e. The lowest BCUT2D eigenvalue weighted by atomic mass is 10.1. The van der Waals surface area contributed by atoms with Gasteiger partial charge >= 0.3 is 0 Å². The monoisotopic (exact) mass is 296 g/mol. The van der Waals surface area contributed by atoms with Crippen LogP contribution in [-0.4, -0.2) is 22.5 Å². The summed E-state index contributed by atoms with van der Waals surface area (Å²) in [5.41, 5.74) is 6.56. The van der Waals surface area contributed by atoms with Crippen LogP contribution in [-0.2, 0) is 6.54 Å². The van der Waals surface area contributed by atoms with Gasteiger partial charge in [0, 0.05) is 23.7 Å². The molecule has 0 amide bonds. The first-order valence-corrected chi connectivity index (χ1v) is 7.69. The first-order chi connectivity index (χ1) is 9.47. The molecule has 0 aliphatic heterocycles. The fourth-order valence-corrected chi connectivity index (χ4v) is 2.35. The van der Waals surface area contributed by atoms with Gasteiger partial charge in [-0.05, 0) is 32.9 Å². The predicted molar refractivity (Wildman–Crippen MR) is 87.4 cm³/mol. The van der Waals surface area contributed by atoms with E-state index in [0.29, 0.717) is 23.7 Å². The lowest BCUT2D eigenvalue weighted by Crippen LogP contribution is -2.32. The molecule has 20 heavy (non-hydrogen) atoms. The third-order valence-electron chi connectivity index (χ3n) is 3.50. The maximum absolute atomic E-state index is 14.3. The second-order valence-corrected chi connectivity index (χ2v) is 5.85. The summed E-state index contributed by atoms with van der Waals surface area (Å²) in [7, 11) is 0. The van der Waals surface area contributed by atoms with E-state index in [-0.39, 0.29) is 10.8 Å². The maximum atomic E-state index is 14.3. The molecule has 1 rings (SSSR count). The highest BCUT2D eigenvalue weighted by molar-refractivity contribution is 7.80. The normalized spacial score (nSPS) is 11.3. The molecule has 4 heteroatoms. The summed E-state index contributed by atoms with van der Waals surface area (Å²) in [5.74, 6) is -0.277. The van der Waals surface area contributed by atoms with Gasteiger partial charge in [0.1, 0.15) is 10.8 Å². The summed E-state index contributed by atoms with van der Waals surface area (Å²) in [6, 6.07) is 5.65. The number of nitrogens with two attached hydrogens (primary N) is 1. The number of rotatable bonds is 8. The van der Waals surface area contributed by atoms with Gasteiger partial charge in [0.25, 0.3) is 0 Å². The van der Waals surface area contributed by atoms with Crippen LogP contribution in [0.2, 0.25) is 0 Å². The zero-order valence-electron chi connectivity index (χ0n) is 12.7. The van der Waals surface area contributed by atoms with E-state index in [2.05, 4.69) is 25.7 Å². The summed E-state index contributed by atoms with van der Waals surface area (Å²) < 4.78 is 14.3. The summed E-state index contributed by atoms with van der Waals surface area (Å²) in [6.07, 6.45) is 3.54. The third-order valence-corrected chi connectivity index (χ3v) is 3.72. The molecule has 0 atom stereocenters. The minimum atomic E-state index is -0.277. The molecule has 2 nitrogen and oxygen atoms in total. The van der Waals surface area contributed by atoms with E-state index in [1.54, 1.807) is 6.07 Å². The molecule has 0 fully saturated rings. The van der Waals surface area contributed by atoms with Crippen molar-refractivity contribution in [3.63, 3.8) is 0 Å². The van der Waals surface area contributed by atoms with Crippen LogP contribution in [0.25, 0.3) is 0 Å². The van der Waals surface area contributed by atoms with E-state index in [9.17, 15) is 4.39 Å². The number of benzene rings is 1. The van der Waals surface area contributed by atoms with Gasteiger partial charge in [-0.15, -0.1) is 0 Å². The third kappa shape index (κ3) is 4.84. The van der Waals surface area contributed by atoms with E-state index in [4.69, 9.17) is 18.0 Å². The largest absolute Gasteiger partial charge is 0.389 e. The fourth-order valence-electron chi connectivity index (χ4n) is 2.20. The Morgan fingerprint density at radius 3 is 2.60 bits per heavy atom. The van der Waals surface area contributed by atoms with Crippen LogP contribution in [0.15, 0.2) is 18.2 Å². The zero-order chi connectivity index (χ0) is 15.1. The molecule has 0 aromatic heterocycles. The molecule has 0 bridgehead atoms. The molecule has 1 aromatic carbocycles. The van der Waals surface area contributed by atoms with E-state index < -0.39 is 0 Å². The van der Waals surface area contributed by atoms with Crippen molar-refractivity contribution in [3.05, 3.63) is 35.1 Å². The van der Waals surface area contributed by atoms with Crippen LogP contribution in [0.5, 0.6) is 0 Å². The topological polar surface area (TPSA) is 29.3 Å². The SMILES string of the molecule is CCCCCN(Cc1cccc(C(N)=S)c1F)C(C)C. The Morgan fingerprint density at radius 2 is 2.05 bits per heavy atom. The fraction of sp³-hybridized carbons (Fsp3) is 0.562. The van der Waals surface area contributed by atoms with E-state index in [1.807, 2.05) is 12.1 Å². The number of thiocarbonyl (C=S) groups is 1. The number of hydrogen-bond donors (Lipinski definition) is 1. The molecular weight excluding hydrogens is 271 g/mol. The Hall–Kier alpha value is -1.00. The van der Waals surface area contributed by atoms with Crippen LogP contribution in [0.1, 0.15) is 51.2 Å². The molecule has 2 N–H and O–H groups in total. The summed E-state index contributed by atoms with van der Waals surface area (Å²) in [5, 5.41) is 0. The van der Waals surface area contributed by atoms with Crippen LogP contribution in [0, 0.1) is 5.82 Å².